The van der Waals surface area contributed by atoms with Gasteiger partial charge in [-0.25, -0.2) is 4.79 Å². The highest BCUT2D eigenvalue weighted by atomic mass is 16.5. The SMILES string of the molecule is Cc1cccc(OCC(=O)Nc2ccc(O)c(C(=O)O)c2)c1. The van der Waals surface area contributed by atoms with Gasteiger partial charge in [0, 0.05) is 5.69 Å². The fourth-order valence-corrected chi connectivity index (χ4v) is 1.84. The van der Waals surface area contributed by atoms with E-state index in [2.05, 4.69) is 5.32 Å². The third-order valence-electron chi connectivity index (χ3n) is 2.87. The average Bonchev–Trinajstić information content (AvgIpc) is 2.47. The molecule has 6 nitrogen and oxygen atoms in total. The molecule has 0 heterocycles. The molecule has 0 aromatic heterocycles. The first-order chi connectivity index (χ1) is 10.5. The molecule has 22 heavy (non-hydrogen) atoms. The zero-order chi connectivity index (χ0) is 16.1. The molecule has 0 unspecified atom stereocenters. The maximum Gasteiger partial charge on any atom is 0.339 e. The molecule has 0 saturated heterocycles. The Bertz CT molecular complexity index is 711. The summed E-state index contributed by atoms with van der Waals surface area (Å²) in [5, 5.41) is 20.8. The lowest BCUT2D eigenvalue weighted by Gasteiger charge is -2.09. The van der Waals surface area contributed by atoms with E-state index in [0.717, 1.165) is 5.56 Å². The summed E-state index contributed by atoms with van der Waals surface area (Å²) in [6.45, 7) is 1.71. The van der Waals surface area contributed by atoms with Crippen LogP contribution in [0, 0.1) is 6.92 Å². The van der Waals surface area contributed by atoms with Crippen molar-refractivity contribution < 1.29 is 24.5 Å². The summed E-state index contributed by atoms with van der Waals surface area (Å²) in [4.78, 5) is 22.7. The van der Waals surface area contributed by atoms with Crippen molar-refractivity contribution in [3.05, 3.63) is 53.6 Å². The number of nitrogens with one attached hydrogen (secondary N) is 1. The van der Waals surface area contributed by atoms with Crippen molar-refractivity contribution >= 4 is 17.6 Å². The van der Waals surface area contributed by atoms with Crippen molar-refractivity contribution in [2.45, 2.75) is 6.92 Å². The second-order valence-corrected chi connectivity index (χ2v) is 4.69. The molecule has 0 spiro atoms. The topological polar surface area (TPSA) is 95.9 Å². The lowest BCUT2D eigenvalue weighted by Crippen LogP contribution is -2.20. The van der Waals surface area contributed by atoms with Gasteiger partial charge < -0.3 is 20.3 Å². The Balaban J connectivity index is 1.97. The van der Waals surface area contributed by atoms with E-state index in [1.807, 2.05) is 19.1 Å². The molecule has 0 aliphatic heterocycles. The van der Waals surface area contributed by atoms with Crippen LogP contribution in [0.5, 0.6) is 11.5 Å². The zero-order valence-corrected chi connectivity index (χ0v) is 11.9. The number of aromatic carboxylic acids is 1. The predicted octanol–water partition coefficient (Wildman–Crippen LogP) is 2.42. The van der Waals surface area contributed by atoms with Gasteiger partial charge in [0.25, 0.3) is 5.91 Å². The van der Waals surface area contributed by atoms with Crippen molar-refractivity contribution in [3.63, 3.8) is 0 Å². The minimum absolute atomic E-state index is 0.202. The first kappa shape index (κ1) is 15.4. The molecule has 0 atom stereocenters. The molecule has 1 amide bonds. The molecule has 6 heteroatoms. The van der Waals surface area contributed by atoms with Crippen LogP contribution >= 0.6 is 0 Å². The summed E-state index contributed by atoms with van der Waals surface area (Å²) >= 11 is 0. The second kappa shape index (κ2) is 6.62. The standard InChI is InChI=1S/C16H15NO5/c1-10-3-2-4-12(7-10)22-9-15(19)17-11-5-6-14(18)13(8-11)16(20)21/h2-8,18H,9H2,1H3,(H,17,19)(H,20,21). The number of benzene rings is 2. The summed E-state index contributed by atoms with van der Waals surface area (Å²) in [5.41, 5.74) is 1.01. The first-order valence-corrected chi connectivity index (χ1v) is 6.51. The summed E-state index contributed by atoms with van der Waals surface area (Å²) < 4.78 is 5.34. The fraction of sp³-hybridized carbons (Fsp3) is 0.125. The number of carboxylic acids is 1. The largest absolute Gasteiger partial charge is 0.507 e. The van der Waals surface area contributed by atoms with Gasteiger partial charge in [-0.2, -0.15) is 0 Å². The van der Waals surface area contributed by atoms with Crippen LogP contribution in [0.15, 0.2) is 42.5 Å². The molecular weight excluding hydrogens is 286 g/mol. The Labute approximate surface area is 127 Å². The van der Waals surface area contributed by atoms with Crippen molar-refractivity contribution in [2.24, 2.45) is 0 Å². The Morgan fingerprint density at radius 2 is 1.95 bits per heavy atom. The van der Waals surface area contributed by atoms with Gasteiger partial charge in [0.2, 0.25) is 0 Å². The number of carbonyl (C=O) groups excluding carboxylic acids is 1. The van der Waals surface area contributed by atoms with Gasteiger partial charge in [-0.05, 0) is 42.8 Å². The quantitative estimate of drug-likeness (QED) is 0.737. The number of carbonyl (C=O) groups is 2. The zero-order valence-electron chi connectivity index (χ0n) is 11.9. The van der Waals surface area contributed by atoms with Gasteiger partial charge >= 0.3 is 5.97 Å². The van der Waals surface area contributed by atoms with E-state index >= 15 is 0 Å². The Morgan fingerprint density at radius 3 is 2.64 bits per heavy atom. The van der Waals surface area contributed by atoms with Crippen LogP contribution in [0.2, 0.25) is 0 Å². The van der Waals surface area contributed by atoms with E-state index in [0.29, 0.717) is 5.75 Å². The number of ether oxygens (including phenoxy) is 1. The smallest absolute Gasteiger partial charge is 0.339 e. The van der Waals surface area contributed by atoms with Crippen LogP contribution in [-0.4, -0.2) is 28.7 Å². The normalized spacial score (nSPS) is 10.0. The lowest BCUT2D eigenvalue weighted by molar-refractivity contribution is -0.118. The van der Waals surface area contributed by atoms with Crippen molar-refractivity contribution in [1.82, 2.24) is 0 Å². The Hall–Kier alpha value is -3.02. The monoisotopic (exact) mass is 301 g/mol. The summed E-state index contributed by atoms with van der Waals surface area (Å²) in [6, 6.07) is 11.1. The lowest BCUT2D eigenvalue weighted by atomic mass is 10.2. The molecule has 2 rings (SSSR count). The number of hydrogen-bond acceptors (Lipinski definition) is 4. The number of rotatable bonds is 5. The average molecular weight is 301 g/mol. The van der Waals surface area contributed by atoms with Crippen molar-refractivity contribution in [1.29, 1.82) is 0 Å². The minimum atomic E-state index is -1.27. The summed E-state index contributed by atoms with van der Waals surface area (Å²) in [6.07, 6.45) is 0. The highest BCUT2D eigenvalue weighted by Crippen LogP contribution is 2.21. The molecule has 3 N–H and O–H groups in total. The van der Waals surface area contributed by atoms with Crippen molar-refractivity contribution in [3.8, 4) is 11.5 Å². The van der Waals surface area contributed by atoms with Gasteiger partial charge in [0.05, 0.1) is 0 Å². The van der Waals surface area contributed by atoms with Crippen LogP contribution < -0.4 is 10.1 Å². The first-order valence-electron chi connectivity index (χ1n) is 6.51. The van der Waals surface area contributed by atoms with E-state index in [9.17, 15) is 14.7 Å². The Kier molecular flexibility index (Phi) is 4.63. The number of carboxylic acid groups (broad SMARTS) is 1. The molecule has 2 aromatic rings. The van der Waals surface area contributed by atoms with Crippen LogP contribution in [0.1, 0.15) is 15.9 Å². The van der Waals surface area contributed by atoms with Gasteiger partial charge in [-0.1, -0.05) is 12.1 Å². The van der Waals surface area contributed by atoms with Gasteiger partial charge in [0.1, 0.15) is 17.1 Å². The third-order valence-corrected chi connectivity index (χ3v) is 2.87. The number of phenols is 1. The van der Waals surface area contributed by atoms with Crippen LogP contribution in [0.25, 0.3) is 0 Å². The van der Waals surface area contributed by atoms with Crippen LogP contribution in [-0.2, 0) is 4.79 Å². The maximum absolute atomic E-state index is 11.8. The number of hydrogen-bond donors (Lipinski definition) is 3. The molecule has 2 aromatic carbocycles. The summed E-state index contributed by atoms with van der Waals surface area (Å²) in [7, 11) is 0. The van der Waals surface area contributed by atoms with Crippen LogP contribution in [0.3, 0.4) is 0 Å². The molecule has 0 radical (unpaired) electrons. The third kappa shape index (κ3) is 3.99. The molecule has 0 fully saturated rings. The molecule has 0 saturated carbocycles. The molecule has 0 bridgehead atoms. The van der Waals surface area contributed by atoms with E-state index in [1.54, 1.807) is 12.1 Å². The van der Waals surface area contributed by atoms with E-state index in [-0.39, 0.29) is 23.6 Å². The highest BCUT2D eigenvalue weighted by Gasteiger charge is 2.11. The van der Waals surface area contributed by atoms with Crippen molar-refractivity contribution in [2.75, 3.05) is 11.9 Å². The van der Waals surface area contributed by atoms with E-state index in [4.69, 9.17) is 9.84 Å². The van der Waals surface area contributed by atoms with Gasteiger partial charge in [-0.3, -0.25) is 4.79 Å². The minimum Gasteiger partial charge on any atom is -0.507 e. The van der Waals surface area contributed by atoms with Gasteiger partial charge in [-0.15, -0.1) is 0 Å². The Morgan fingerprint density at radius 1 is 1.18 bits per heavy atom. The molecule has 114 valence electrons. The second-order valence-electron chi connectivity index (χ2n) is 4.69. The molecule has 0 aliphatic rings. The highest BCUT2D eigenvalue weighted by molar-refractivity contribution is 5.96. The van der Waals surface area contributed by atoms with E-state index in [1.165, 1.54) is 18.2 Å². The fourth-order valence-electron chi connectivity index (χ4n) is 1.84. The maximum atomic E-state index is 11.8. The predicted molar refractivity (Wildman–Crippen MR) is 80.4 cm³/mol. The number of aryl methyl sites for hydroxylation is 1. The summed E-state index contributed by atoms with van der Waals surface area (Å²) in [5.74, 6) is -1.48. The molecule has 0 aliphatic carbocycles. The number of aromatic hydroxyl groups is 1. The number of anilines is 1. The molecular formula is C16H15NO5. The number of amides is 1. The van der Waals surface area contributed by atoms with E-state index < -0.39 is 11.9 Å². The van der Waals surface area contributed by atoms with Crippen LogP contribution in [0.4, 0.5) is 5.69 Å². The van der Waals surface area contributed by atoms with Gasteiger partial charge in [0.15, 0.2) is 6.61 Å².